The number of nitrogens with zero attached hydrogens (tertiary/aromatic N) is 2. The minimum Gasteiger partial charge on any atom is -0.333 e. The number of urea groups is 1. The summed E-state index contributed by atoms with van der Waals surface area (Å²) in [6.07, 6.45) is 2.52. The highest BCUT2D eigenvalue weighted by Gasteiger charge is 2.43. The predicted molar refractivity (Wildman–Crippen MR) is 120 cm³/mol. The Morgan fingerprint density at radius 2 is 2.00 bits per heavy atom. The Morgan fingerprint density at radius 1 is 1.23 bits per heavy atom. The molecule has 0 radical (unpaired) electrons. The Bertz CT molecular complexity index is 976. The number of rotatable bonds is 7. The van der Waals surface area contributed by atoms with E-state index in [0.717, 1.165) is 17.7 Å². The van der Waals surface area contributed by atoms with E-state index in [0.29, 0.717) is 31.1 Å². The molecule has 2 aromatic rings. The highest BCUT2D eigenvalue weighted by atomic mass is 32.1. The number of benzene rings is 1. The van der Waals surface area contributed by atoms with Crippen molar-refractivity contribution >= 4 is 23.3 Å². The molecule has 0 saturated heterocycles. The maximum absolute atomic E-state index is 13.4. The number of nitrogens with one attached hydrogen (secondary N) is 1. The molecule has 0 aliphatic carbocycles. The molecule has 2 aliphatic rings. The van der Waals surface area contributed by atoms with E-state index < -0.39 is 6.04 Å². The molecule has 1 N–H and O–H groups in total. The fraction of sp³-hybridized carbons (Fsp3) is 0.333. The second-order valence-electron chi connectivity index (χ2n) is 8.02. The highest BCUT2D eigenvalue weighted by molar-refractivity contribution is 7.09. The quantitative estimate of drug-likeness (QED) is 0.671. The van der Waals surface area contributed by atoms with Gasteiger partial charge in [-0.2, -0.15) is 0 Å². The first-order chi connectivity index (χ1) is 14.5. The van der Waals surface area contributed by atoms with Gasteiger partial charge in [0.25, 0.3) is 5.91 Å². The first kappa shape index (κ1) is 20.4. The van der Waals surface area contributed by atoms with Crippen LogP contribution in [0.25, 0.3) is 0 Å². The second kappa shape index (κ2) is 8.48. The summed E-state index contributed by atoms with van der Waals surface area (Å²) in [5.74, 6) is 0.437. The van der Waals surface area contributed by atoms with Gasteiger partial charge in [0.05, 0.1) is 23.9 Å². The van der Waals surface area contributed by atoms with Crippen LogP contribution in [0, 0.1) is 0 Å². The number of carbonyl (C=O) groups is 2. The predicted octanol–water partition coefficient (Wildman–Crippen LogP) is 4.46. The Labute approximate surface area is 181 Å². The monoisotopic (exact) mass is 421 g/mol. The molecule has 1 aromatic carbocycles. The highest BCUT2D eigenvalue weighted by Crippen LogP contribution is 2.36. The average Bonchev–Trinajstić information content (AvgIpc) is 3.37. The van der Waals surface area contributed by atoms with Gasteiger partial charge in [0, 0.05) is 18.0 Å². The van der Waals surface area contributed by atoms with Gasteiger partial charge in [-0.15, -0.1) is 17.9 Å². The zero-order valence-corrected chi connectivity index (χ0v) is 18.2. The molecular formula is C24H27N3O2S. The van der Waals surface area contributed by atoms with Gasteiger partial charge in [0.1, 0.15) is 0 Å². The van der Waals surface area contributed by atoms with E-state index in [-0.39, 0.29) is 11.9 Å². The van der Waals surface area contributed by atoms with E-state index in [2.05, 4.69) is 49.3 Å². The number of thiophene rings is 1. The van der Waals surface area contributed by atoms with Crippen molar-refractivity contribution in [2.24, 2.45) is 0 Å². The smallest absolute Gasteiger partial charge is 0.322 e. The molecule has 30 heavy (non-hydrogen) atoms. The average molecular weight is 422 g/mol. The SMILES string of the molecule is C=CCN1C(=O)NC(c2ccc(C(C)C)cc2)C2=C1CN(CCc1cccs1)C2=O. The Balaban J connectivity index is 1.63. The van der Waals surface area contributed by atoms with Crippen LogP contribution in [-0.2, 0) is 11.2 Å². The largest absolute Gasteiger partial charge is 0.333 e. The topological polar surface area (TPSA) is 52.7 Å². The van der Waals surface area contributed by atoms with Crippen LogP contribution in [0.15, 0.2) is 65.7 Å². The summed E-state index contributed by atoms with van der Waals surface area (Å²) in [5.41, 5.74) is 3.65. The molecule has 4 rings (SSSR count). The summed E-state index contributed by atoms with van der Waals surface area (Å²) in [5, 5.41) is 5.10. The van der Waals surface area contributed by atoms with Crippen molar-refractivity contribution in [1.82, 2.24) is 15.1 Å². The number of carbonyl (C=O) groups excluding carboxylic acids is 2. The molecule has 6 heteroatoms. The lowest BCUT2D eigenvalue weighted by Crippen LogP contribution is -2.47. The standard InChI is InChI=1S/C24H27N3O2S/c1-4-12-27-20-15-26(13-11-19-6-5-14-30-19)23(28)21(20)22(25-24(27)29)18-9-7-17(8-10-18)16(2)3/h4-10,14,16,22H,1,11-13,15H2,2-3H3,(H,25,29). The third-order valence-electron chi connectivity index (χ3n) is 5.75. The lowest BCUT2D eigenvalue weighted by atomic mass is 9.93. The molecule has 1 aromatic heterocycles. The van der Waals surface area contributed by atoms with Crippen molar-refractivity contribution in [3.8, 4) is 0 Å². The van der Waals surface area contributed by atoms with Gasteiger partial charge in [-0.05, 0) is 34.9 Å². The van der Waals surface area contributed by atoms with Crippen LogP contribution in [0.1, 0.15) is 41.8 Å². The van der Waals surface area contributed by atoms with Gasteiger partial charge in [-0.3, -0.25) is 9.69 Å². The molecule has 1 atom stereocenters. The van der Waals surface area contributed by atoms with E-state index >= 15 is 0 Å². The van der Waals surface area contributed by atoms with Crippen LogP contribution < -0.4 is 5.32 Å². The molecule has 0 bridgehead atoms. The summed E-state index contributed by atoms with van der Waals surface area (Å²) in [7, 11) is 0. The number of hydrogen-bond donors (Lipinski definition) is 1. The van der Waals surface area contributed by atoms with Gasteiger partial charge < -0.3 is 10.2 Å². The molecule has 0 spiro atoms. The van der Waals surface area contributed by atoms with Crippen molar-refractivity contribution in [2.75, 3.05) is 19.6 Å². The molecule has 2 aliphatic heterocycles. The Morgan fingerprint density at radius 3 is 2.63 bits per heavy atom. The number of hydrogen-bond acceptors (Lipinski definition) is 3. The van der Waals surface area contributed by atoms with Crippen LogP contribution in [-0.4, -0.2) is 41.4 Å². The summed E-state index contributed by atoms with van der Waals surface area (Å²) in [6.45, 7) is 9.56. The fourth-order valence-corrected chi connectivity index (χ4v) is 4.77. The first-order valence-electron chi connectivity index (χ1n) is 10.3. The van der Waals surface area contributed by atoms with E-state index in [4.69, 9.17) is 0 Å². The maximum atomic E-state index is 13.4. The second-order valence-corrected chi connectivity index (χ2v) is 9.05. The normalized spacial score (nSPS) is 18.8. The molecular weight excluding hydrogens is 394 g/mol. The minimum absolute atomic E-state index is 0.00792. The summed E-state index contributed by atoms with van der Waals surface area (Å²) in [6, 6.07) is 11.7. The third kappa shape index (κ3) is 3.79. The van der Waals surface area contributed by atoms with Crippen molar-refractivity contribution in [3.63, 3.8) is 0 Å². The fourth-order valence-electron chi connectivity index (χ4n) is 4.07. The molecule has 3 heterocycles. The van der Waals surface area contributed by atoms with Crippen LogP contribution in [0.5, 0.6) is 0 Å². The van der Waals surface area contributed by atoms with Crippen molar-refractivity contribution in [3.05, 3.63) is 81.7 Å². The number of amides is 3. The Kier molecular flexibility index (Phi) is 5.77. The zero-order chi connectivity index (χ0) is 21.3. The molecule has 0 saturated carbocycles. The lowest BCUT2D eigenvalue weighted by molar-refractivity contribution is -0.125. The van der Waals surface area contributed by atoms with E-state index in [9.17, 15) is 9.59 Å². The maximum Gasteiger partial charge on any atom is 0.322 e. The van der Waals surface area contributed by atoms with Crippen LogP contribution in [0.3, 0.4) is 0 Å². The minimum atomic E-state index is -0.422. The first-order valence-corrected chi connectivity index (χ1v) is 11.2. The van der Waals surface area contributed by atoms with Crippen molar-refractivity contribution in [1.29, 1.82) is 0 Å². The summed E-state index contributed by atoms with van der Waals surface area (Å²) >= 11 is 1.70. The van der Waals surface area contributed by atoms with Crippen molar-refractivity contribution < 1.29 is 9.59 Å². The molecule has 1 unspecified atom stereocenters. The van der Waals surface area contributed by atoms with E-state index in [1.165, 1.54) is 10.4 Å². The van der Waals surface area contributed by atoms with Gasteiger partial charge in [-0.25, -0.2) is 4.79 Å². The van der Waals surface area contributed by atoms with E-state index in [1.807, 2.05) is 23.1 Å². The van der Waals surface area contributed by atoms with Crippen molar-refractivity contribution in [2.45, 2.75) is 32.2 Å². The lowest BCUT2D eigenvalue weighted by Gasteiger charge is -2.33. The van der Waals surface area contributed by atoms with Gasteiger partial charge in [-0.1, -0.05) is 50.3 Å². The molecule has 156 valence electrons. The van der Waals surface area contributed by atoms with Crippen LogP contribution in [0.4, 0.5) is 4.79 Å². The van der Waals surface area contributed by atoms with Gasteiger partial charge >= 0.3 is 6.03 Å². The van der Waals surface area contributed by atoms with Gasteiger partial charge in [0.2, 0.25) is 0 Å². The molecule has 3 amide bonds. The third-order valence-corrected chi connectivity index (χ3v) is 6.69. The summed E-state index contributed by atoms with van der Waals surface area (Å²) < 4.78 is 0. The Hall–Kier alpha value is -2.86. The zero-order valence-electron chi connectivity index (χ0n) is 17.4. The van der Waals surface area contributed by atoms with E-state index in [1.54, 1.807) is 22.3 Å². The van der Waals surface area contributed by atoms with Crippen LogP contribution in [0.2, 0.25) is 0 Å². The van der Waals surface area contributed by atoms with Crippen LogP contribution >= 0.6 is 11.3 Å². The molecule has 0 fully saturated rings. The summed E-state index contributed by atoms with van der Waals surface area (Å²) in [4.78, 5) is 31.0. The van der Waals surface area contributed by atoms with Gasteiger partial charge in [0.15, 0.2) is 0 Å². The molecule has 5 nitrogen and oxygen atoms in total.